The molecule has 1 atom stereocenters. The fraction of sp³-hybridized carbons (Fsp3) is 0.250. The number of benzene rings is 2. The smallest absolute Gasteiger partial charge is 0.261 e. The lowest BCUT2D eigenvalue weighted by Gasteiger charge is -2.15. The van der Waals surface area contributed by atoms with Crippen LogP contribution in [-0.4, -0.2) is 36.7 Å². The third-order valence-electron chi connectivity index (χ3n) is 5.20. The molecular formula is C24H26N4O2S. The molecule has 2 aromatic carbocycles. The molecule has 1 N–H and O–H groups in total. The Morgan fingerprint density at radius 3 is 2.42 bits per heavy atom. The zero-order valence-electron chi connectivity index (χ0n) is 18.3. The van der Waals surface area contributed by atoms with Crippen LogP contribution in [-0.2, 0) is 0 Å². The van der Waals surface area contributed by atoms with E-state index in [2.05, 4.69) is 28.9 Å². The average molecular weight is 435 g/mol. The topological polar surface area (TPSA) is 59.4 Å². The van der Waals surface area contributed by atoms with Gasteiger partial charge in [-0.25, -0.2) is 4.98 Å². The summed E-state index contributed by atoms with van der Waals surface area (Å²) in [5, 5.41) is 3.10. The first kappa shape index (κ1) is 20.9. The number of hydrogen-bond acceptors (Lipinski definition) is 5. The predicted octanol–water partition coefficient (Wildman–Crippen LogP) is 4.96. The number of amides is 1. The van der Waals surface area contributed by atoms with E-state index >= 15 is 0 Å². The van der Waals surface area contributed by atoms with Gasteiger partial charge >= 0.3 is 0 Å². The summed E-state index contributed by atoms with van der Waals surface area (Å²) in [6.45, 7) is 4.05. The minimum absolute atomic E-state index is 0.0800. The van der Waals surface area contributed by atoms with E-state index in [1.54, 1.807) is 7.11 Å². The van der Waals surface area contributed by atoms with Gasteiger partial charge in [0.25, 0.3) is 5.91 Å². The summed E-state index contributed by atoms with van der Waals surface area (Å²) in [5.41, 5.74) is 4.05. The molecule has 31 heavy (non-hydrogen) atoms. The highest BCUT2D eigenvalue weighted by Gasteiger charge is 2.21. The molecule has 0 aliphatic heterocycles. The molecule has 0 saturated heterocycles. The van der Waals surface area contributed by atoms with E-state index in [9.17, 15) is 4.79 Å². The van der Waals surface area contributed by atoms with Crippen molar-refractivity contribution in [1.29, 1.82) is 0 Å². The van der Waals surface area contributed by atoms with Gasteiger partial charge < -0.3 is 15.0 Å². The zero-order valence-corrected chi connectivity index (χ0v) is 19.2. The quantitative estimate of drug-likeness (QED) is 0.466. The van der Waals surface area contributed by atoms with Gasteiger partial charge in [0, 0.05) is 14.1 Å². The molecule has 0 aliphatic carbocycles. The zero-order chi connectivity index (χ0) is 22.1. The van der Waals surface area contributed by atoms with Crippen LogP contribution >= 0.6 is 11.3 Å². The molecule has 0 fully saturated rings. The Morgan fingerprint density at radius 1 is 1.13 bits per heavy atom. The van der Waals surface area contributed by atoms with Crippen LogP contribution in [0.25, 0.3) is 16.0 Å². The Hall–Kier alpha value is -3.32. The van der Waals surface area contributed by atoms with Crippen LogP contribution in [0.3, 0.4) is 0 Å². The molecular weight excluding hydrogens is 408 g/mol. The number of carbonyl (C=O) groups is 1. The van der Waals surface area contributed by atoms with Crippen LogP contribution < -0.4 is 15.0 Å². The number of fused-ring (bicyclic) bond motifs is 1. The van der Waals surface area contributed by atoms with E-state index in [-0.39, 0.29) is 11.9 Å². The van der Waals surface area contributed by atoms with Crippen LogP contribution in [0.15, 0.2) is 54.6 Å². The van der Waals surface area contributed by atoms with Gasteiger partial charge in [-0.2, -0.15) is 0 Å². The van der Waals surface area contributed by atoms with E-state index < -0.39 is 0 Å². The van der Waals surface area contributed by atoms with Crippen LogP contribution in [0, 0.1) is 6.92 Å². The molecule has 0 aliphatic rings. The fourth-order valence-corrected chi connectivity index (χ4v) is 4.46. The number of ether oxygens (including phenoxy) is 1. The Morgan fingerprint density at radius 2 is 1.81 bits per heavy atom. The summed E-state index contributed by atoms with van der Waals surface area (Å²) >= 11 is 1.45. The first-order valence-corrected chi connectivity index (χ1v) is 10.9. The van der Waals surface area contributed by atoms with Gasteiger partial charge in [-0.15, -0.1) is 11.3 Å². The molecule has 4 rings (SSSR count). The number of methoxy groups -OCH3 is 1. The second-order valence-corrected chi connectivity index (χ2v) is 8.78. The third kappa shape index (κ3) is 4.14. The van der Waals surface area contributed by atoms with Crippen molar-refractivity contribution in [1.82, 2.24) is 14.9 Å². The second-order valence-electron chi connectivity index (χ2n) is 7.75. The Balaban J connectivity index is 1.66. The molecule has 1 amide bonds. The number of nitrogens with one attached hydrogen (secondary N) is 1. The average Bonchev–Trinajstić information content (AvgIpc) is 3.32. The number of anilines is 1. The largest absolute Gasteiger partial charge is 0.497 e. The molecule has 160 valence electrons. The van der Waals surface area contributed by atoms with Crippen LogP contribution in [0.1, 0.15) is 33.8 Å². The lowest BCUT2D eigenvalue weighted by atomic mass is 10.1. The van der Waals surface area contributed by atoms with Crippen molar-refractivity contribution < 1.29 is 9.53 Å². The molecule has 0 radical (unpaired) electrons. The summed E-state index contributed by atoms with van der Waals surface area (Å²) < 4.78 is 7.35. The standard InChI is InChI=1S/C24H26N4O2S/c1-15-6-8-17(9-7-15)16(2)25-22(29)21-14-20-23(31-21)28(24(26-20)27(3)4)18-10-12-19(30-5)13-11-18/h6-14,16H,1-5H3,(H,25,29)/t16-/m1/s1. The number of rotatable bonds is 6. The molecule has 2 heterocycles. The number of imidazole rings is 1. The number of carbonyl (C=O) groups excluding carboxylic acids is 1. The molecule has 0 bridgehead atoms. The van der Waals surface area contributed by atoms with Gasteiger partial charge in [0.1, 0.15) is 16.1 Å². The number of aromatic nitrogens is 2. The molecule has 7 heteroatoms. The summed E-state index contributed by atoms with van der Waals surface area (Å²) in [6, 6.07) is 17.8. The summed E-state index contributed by atoms with van der Waals surface area (Å²) in [5.74, 6) is 1.51. The highest BCUT2D eigenvalue weighted by atomic mass is 32.1. The minimum Gasteiger partial charge on any atom is -0.497 e. The lowest BCUT2D eigenvalue weighted by molar-refractivity contribution is 0.0944. The maximum absolute atomic E-state index is 12.9. The molecule has 6 nitrogen and oxygen atoms in total. The Kier molecular flexibility index (Phi) is 5.69. The van der Waals surface area contributed by atoms with Crippen molar-refractivity contribution >= 4 is 33.5 Å². The third-order valence-corrected chi connectivity index (χ3v) is 6.30. The molecule has 0 saturated carbocycles. The van der Waals surface area contributed by atoms with Crippen LogP contribution in [0.2, 0.25) is 0 Å². The number of hydrogen-bond donors (Lipinski definition) is 1. The highest BCUT2D eigenvalue weighted by Crippen LogP contribution is 2.33. The second kappa shape index (κ2) is 8.43. The van der Waals surface area contributed by atoms with Gasteiger partial charge in [-0.1, -0.05) is 29.8 Å². The van der Waals surface area contributed by atoms with Crippen molar-refractivity contribution in [3.8, 4) is 11.4 Å². The van der Waals surface area contributed by atoms with E-state index in [1.165, 1.54) is 16.9 Å². The first-order chi connectivity index (χ1) is 14.9. The maximum Gasteiger partial charge on any atom is 0.261 e. The van der Waals surface area contributed by atoms with Gasteiger partial charge in [0.05, 0.1) is 23.7 Å². The Labute approximate surface area is 186 Å². The molecule has 2 aromatic heterocycles. The van der Waals surface area contributed by atoms with Crippen LogP contribution in [0.5, 0.6) is 5.75 Å². The van der Waals surface area contributed by atoms with Crippen molar-refractivity contribution in [3.05, 3.63) is 70.6 Å². The number of thiophene rings is 1. The maximum atomic E-state index is 12.9. The van der Waals surface area contributed by atoms with Gasteiger partial charge in [0.15, 0.2) is 0 Å². The molecule has 4 aromatic rings. The summed E-state index contributed by atoms with van der Waals surface area (Å²) in [6.07, 6.45) is 0. The van der Waals surface area contributed by atoms with E-state index in [4.69, 9.17) is 9.72 Å². The monoisotopic (exact) mass is 434 g/mol. The SMILES string of the molecule is COc1ccc(-n2c(N(C)C)nc3cc(C(=O)N[C@H](C)c4ccc(C)cc4)sc32)cc1. The first-order valence-electron chi connectivity index (χ1n) is 10.1. The van der Waals surface area contributed by atoms with Crippen molar-refractivity contribution in [2.75, 3.05) is 26.1 Å². The van der Waals surface area contributed by atoms with Gasteiger partial charge in [-0.05, 0) is 49.7 Å². The van der Waals surface area contributed by atoms with E-state index in [0.717, 1.165) is 33.3 Å². The fourth-order valence-electron chi connectivity index (χ4n) is 3.44. The minimum atomic E-state index is -0.0937. The van der Waals surface area contributed by atoms with Crippen molar-refractivity contribution in [3.63, 3.8) is 0 Å². The number of nitrogens with zero attached hydrogens (tertiary/aromatic N) is 3. The highest BCUT2D eigenvalue weighted by molar-refractivity contribution is 7.20. The van der Waals surface area contributed by atoms with Crippen LogP contribution in [0.4, 0.5) is 5.95 Å². The van der Waals surface area contributed by atoms with Gasteiger partial charge in [0.2, 0.25) is 5.95 Å². The predicted molar refractivity (Wildman–Crippen MR) is 127 cm³/mol. The van der Waals surface area contributed by atoms with Crippen molar-refractivity contribution in [2.24, 2.45) is 0 Å². The van der Waals surface area contributed by atoms with Crippen molar-refractivity contribution in [2.45, 2.75) is 19.9 Å². The molecule has 0 unspecified atom stereocenters. The molecule has 0 spiro atoms. The van der Waals surface area contributed by atoms with E-state index in [0.29, 0.717) is 4.88 Å². The lowest BCUT2D eigenvalue weighted by Crippen LogP contribution is -2.25. The van der Waals surface area contributed by atoms with Gasteiger partial charge in [-0.3, -0.25) is 9.36 Å². The Bertz CT molecular complexity index is 1210. The normalized spacial score (nSPS) is 12.0. The van der Waals surface area contributed by atoms with E-state index in [1.807, 2.05) is 68.4 Å². The summed E-state index contributed by atoms with van der Waals surface area (Å²) in [4.78, 5) is 21.3. The number of aryl methyl sites for hydroxylation is 1. The summed E-state index contributed by atoms with van der Waals surface area (Å²) in [7, 11) is 5.57.